The van der Waals surface area contributed by atoms with Crippen LogP contribution < -0.4 is 5.32 Å². The van der Waals surface area contributed by atoms with E-state index >= 15 is 0 Å². The third-order valence-corrected chi connectivity index (χ3v) is 3.94. The molecule has 0 atom stereocenters. The molecule has 20 heavy (non-hydrogen) atoms. The third-order valence-electron chi connectivity index (χ3n) is 3.94. The maximum atomic E-state index is 13.1. The summed E-state index contributed by atoms with van der Waals surface area (Å²) in [5, 5.41) is 4.26. The Bertz CT molecular complexity index is 585. The van der Waals surface area contributed by atoms with Gasteiger partial charge < -0.3 is 5.32 Å². The molecule has 1 aliphatic carbocycles. The van der Waals surface area contributed by atoms with Crippen molar-refractivity contribution in [2.24, 2.45) is 5.92 Å². The van der Waals surface area contributed by atoms with E-state index in [1.165, 1.54) is 6.33 Å². The molecule has 1 fully saturated rings. The lowest BCUT2D eigenvalue weighted by atomic mass is 9.87. The summed E-state index contributed by atoms with van der Waals surface area (Å²) in [5.41, 5.74) is 0.889. The minimum atomic E-state index is -2.46. The van der Waals surface area contributed by atoms with E-state index in [4.69, 9.17) is 0 Å². The van der Waals surface area contributed by atoms with Crippen LogP contribution in [0.15, 0.2) is 30.6 Å². The van der Waals surface area contributed by atoms with Gasteiger partial charge in [0.25, 0.3) is 0 Å². The average Bonchev–Trinajstić information content (AvgIpc) is 2.46. The highest BCUT2D eigenvalue weighted by Gasteiger charge is 2.34. The van der Waals surface area contributed by atoms with Crippen molar-refractivity contribution in [3.05, 3.63) is 30.6 Å². The highest BCUT2D eigenvalue weighted by Crippen LogP contribution is 2.36. The SMILES string of the molecule is FC1(F)CCC(CNc2ncnc3ccccc23)CC1. The summed E-state index contributed by atoms with van der Waals surface area (Å²) < 4.78 is 26.2. The minimum Gasteiger partial charge on any atom is -0.369 e. The van der Waals surface area contributed by atoms with Gasteiger partial charge in [0, 0.05) is 24.8 Å². The van der Waals surface area contributed by atoms with Crippen LogP contribution in [0, 0.1) is 5.92 Å². The topological polar surface area (TPSA) is 37.8 Å². The summed E-state index contributed by atoms with van der Waals surface area (Å²) in [7, 11) is 0. The normalized spacial score (nSPS) is 19.1. The number of rotatable bonds is 3. The summed E-state index contributed by atoms with van der Waals surface area (Å²) in [6, 6.07) is 7.77. The summed E-state index contributed by atoms with van der Waals surface area (Å²) in [5.74, 6) is -1.38. The lowest BCUT2D eigenvalue weighted by Crippen LogP contribution is -2.28. The Morgan fingerprint density at radius 1 is 1.15 bits per heavy atom. The molecule has 5 heteroatoms. The van der Waals surface area contributed by atoms with E-state index in [2.05, 4.69) is 15.3 Å². The van der Waals surface area contributed by atoms with Crippen molar-refractivity contribution in [2.45, 2.75) is 31.6 Å². The molecule has 1 aromatic heterocycles. The molecule has 0 unspecified atom stereocenters. The third kappa shape index (κ3) is 2.86. The molecule has 1 heterocycles. The largest absolute Gasteiger partial charge is 0.369 e. The fourth-order valence-electron chi connectivity index (χ4n) is 2.69. The van der Waals surface area contributed by atoms with Crippen molar-refractivity contribution >= 4 is 16.7 Å². The van der Waals surface area contributed by atoms with Gasteiger partial charge in [-0.05, 0) is 30.9 Å². The standard InChI is InChI=1S/C15H17F2N3/c16-15(17)7-5-11(6-8-15)9-18-14-12-3-1-2-4-13(12)19-10-20-14/h1-4,10-11H,5-9H2,(H,18,19,20). The number of alkyl halides is 2. The first-order valence-electron chi connectivity index (χ1n) is 6.95. The number of aromatic nitrogens is 2. The van der Waals surface area contributed by atoms with E-state index in [0.29, 0.717) is 25.3 Å². The van der Waals surface area contributed by atoms with Gasteiger partial charge in [-0.3, -0.25) is 0 Å². The van der Waals surface area contributed by atoms with Crippen LogP contribution in [0.1, 0.15) is 25.7 Å². The highest BCUT2D eigenvalue weighted by molar-refractivity contribution is 5.88. The summed E-state index contributed by atoms with van der Waals surface area (Å²) in [6.07, 6.45) is 2.68. The van der Waals surface area contributed by atoms with E-state index < -0.39 is 5.92 Å². The highest BCUT2D eigenvalue weighted by atomic mass is 19.3. The molecular weight excluding hydrogens is 260 g/mol. The Hall–Kier alpha value is -1.78. The Labute approximate surface area is 116 Å². The second kappa shape index (κ2) is 5.31. The smallest absolute Gasteiger partial charge is 0.248 e. The molecule has 0 spiro atoms. The van der Waals surface area contributed by atoms with Crippen molar-refractivity contribution in [3.63, 3.8) is 0 Å². The van der Waals surface area contributed by atoms with Gasteiger partial charge in [0.2, 0.25) is 5.92 Å². The Morgan fingerprint density at radius 3 is 2.70 bits per heavy atom. The molecule has 1 aliphatic rings. The second-order valence-corrected chi connectivity index (χ2v) is 5.42. The molecular formula is C15H17F2N3. The van der Waals surface area contributed by atoms with Crippen molar-refractivity contribution in [2.75, 3.05) is 11.9 Å². The monoisotopic (exact) mass is 277 g/mol. The fourth-order valence-corrected chi connectivity index (χ4v) is 2.69. The van der Waals surface area contributed by atoms with Gasteiger partial charge in [0.15, 0.2) is 0 Å². The summed E-state index contributed by atoms with van der Waals surface area (Å²) in [4.78, 5) is 8.45. The van der Waals surface area contributed by atoms with Gasteiger partial charge in [0.1, 0.15) is 12.1 Å². The van der Waals surface area contributed by atoms with E-state index in [1.54, 1.807) is 0 Å². The lowest BCUT2D eigenvalue weighted by molar-refractivity contribution is -0.0443. The lowest BCUT2D eigenvalue weighted by Gasteiger charge is -2.28. The summed E-state index contributed by atoms with van der Waals surface area (Å²) >= 11 is 0. The fraction of sp³-hybridized carbons (Fsp3) is 0.467. The van der Waals surface area contributed by atoms with E-state index in [0.717, 1.165) is 16.7 Å². The molecule has 0 bridgehead atoms. The van der Waals surface area contributed by atoms with Gasteiger partial charge in [-0.1, -0.05) is 12.1 Å². The maximum Gasteiger partial charge on any atom is 0.248 e. The predicted octanol–water partition coefficient (Wildman–Crippen LogP) is 3.87. The quantitative estimate of drug-likeness (QED) is 0.925. The molecule has 0 saturated heterocycles. The van der Waals surface area contributed by atoms with Crippen LogP contribution in [0.5, 0.6) is 0 Å². The molecule has 3 nitrogen and oxygen atoms in total. The molecule has 106 valence electrons. The molecule has 1 saturated carbocycles. The van der Waals surface area contributed by atoms with Crippen LogP contribution in [0.25, 0.3) is 10.9 Å². The van der Waals surface area contributed by atoms with Gasteiger partial charge >= 0.3 is 0 Å². The zero-order chi connectivity index (χ0) is 14.0. The molecule has 0 amide bonds. The van der Waals surface area contributed by atoms with Crippen LogP contribution in [0.3, 0.4) is 0 Å². The molecule has 0 radical (unpaired) electrons. The molecule has 0 aliphatic heterocycles. The van der Waals surface area contributed by atoms with Gasteiger partial charge in [-0.25, -0.2) is 18.7 Å². The first-order chi connectivity index (χ1) is 9.64. The first-order valence-corrected chi connectivity index (χ1v) is 6.95. The van der Waals surface area contributed by atoms with Gasteiger partial charge in [0.05, 0.1) is 5.52 Å². The maximum absolute atomic E-state index is 13.1. The number of hydrogen-bond donors (Lipinski definition) is 1. The number of nitrogens with one attached hydrogen (secondary N) is 1. The van der Waals surface area contributed by atoms with Gasteiger partial charge in [-0.15, -0.1) is 0 Å². The number of anilines is 1. The van der Waals surface area contributed by atoms with Crippen LogP contribution in [0.4, 0.5) is 14.6 Å². The zero-order valence-corrected chi connectivity index (χ0v) is 11.1. The van der Waals surface area contributed by atoms with Crippen LogP contribution in [0.2, 0.25) is 0 Å². The minimum absolute atomic E-state index is 0.00384. The molecule has 2 aromatic rings. The van der Waals surface area contributed by atoms with E-state index in [-0.39, 0.29) is 12.8 Å². The Balaban J connectivity index is 1.66. The number of fused-ring (bicyclic) bond motifs is 1. The second-order valence-electron chi connectivity index (χ2n) is 5.42. The first kappa shape index (κ1) is 13.2. The van der Waals surface area contributed by atoms with Crippen LogP contribution >= 0.6 is 0 Å². The number of halogens is 2. The summed E-state index contributed by atoms with van der Waals surface area (Å²) in [6.45, 7) is 0.692. The molecule has 1 N–H and O–H groups in total. The molecule has 1 aromatic carbocycles. The number of hydrogen-bond acceptors (Lipinski definition) is 3. The van der Waals surface area contributed by atoms with Crippen LogP contribution in [-0.2, 0) is 0 Å². The Kier molecular flexibility index (Phi) is 3.51. The van der Waals surface area contributed by atoms with Crippen molar-refractivity contribution in [3.8, 4) is 0 Å². The molecule has 3 rings (SSSR count). The zero-order valence-electron chi connectivity index (χ0n) is 11.1. The van der Waals surface area contributed by atoms with E-state index in [1.807, 2.05) is 24.3 Å². The number of nitrogens with zero attached hydrogens (tertiary/aromatic N) is 2. The Morgan fingerprint density at radius 2 is 1.90 bits per heavy atom. The average molecular weight is 277 g/mol. The van der Waals surface area contributed by atoms with Crippen molar-refractivity contribution < 1.29 is 8.78 Å². The van der Waals surface area contributed by atoms with E-state index in [9.17, 15) is 8.78 Å². The number of para-hydroxylation sites is 1. The van der Waals surface area contributed by atoms with Crippen LogP contribution in [-0.4, -0.2) is 22.4 Å². The van der Waals surface area contributed by atoms with Crippen molar-refractivity contribution in [1.82, 2.24) is 9.97 Å². The predicted molar refractivity (Wildman–Crippen MR) is 74.9 cm³/mol. The van der Waals surface area contributed by atoms with Gasteiger partial charge in [-0.2, -0.15) is 0 Å². The number of benzene rings is 1. The van der Waals surface area contributed by atoms with Crippen molar-refractivity contribution in [1.29, 1.82) is 0 Å².